The molecule has 0 unspecified atom stereocenters. The van der Waals surface area contributed by atoms with E-state index in [4.69, 9.17) is 0 Å². The molecule has 4 heteroatoms. The second-order valence-electron chi connectivity index (χ2n) is 5.67. The van der Waals surface area contributed by atoms with Crippen LogP contribution in [0.1, 0.15) is 45.2 Å². The summed E-state index contributed by atoms with van der Waals surface area (Å²) in [4.78, 5) is 6.11. The van der Waals surface area contributed by atoms with E-state index in [9.17, 15) is 8.78 Å². The minimum Gasteiger partial charge on any atom is -0.364 e. The van der Waals surface area contributed by atoms with Gasteiger partial charge in [0, 0.05) is 18.2 Å². The molecule has 2 nitrogen and oxygen atoms in total. The number of hydrogen-bond donors (Lipinski definition) is 0. The number of pyridine rings is 1. The van der Waals surface area contributed by atoms with Crippen LogP contribution in [0, 0.1) is 5.92 Å². The van der Waals surface area contributed by atoms with Crippen molar-refractivity contribution < 1.29 is 8.78 Å². The van der Waals surface area contributed by atoms with Crippen LogP contribution >= 0.6 is 0 Å². The molecule has 0 aliphatic carbocycles. The van der Waals surface area contributed by atoms with Crippen LogP contribution in [-0.4, -0.2) is 24.0 Å². The molecule has 1 aliphatic rings. The normalized spacial score (nSPS) is 22.8. The van der Waals surface area contributed by atoms with Crippen LogP contribution in [0.5, 0.6) is 0 Å². The molecule has 1 atom stereocenters. The first-order chi connectivity index (χ1) is 8.94. The van der Waals surface area contributed by atoms with Crippen molar-refractivity contribution in [2.75, 3.05) is 18.0 Å². The fourth-order valence-corrected chi connectivity index (χ4v) is 2.63. The van der Waals surface area contributed by atoms with Crippen LogP contribution in [0.4, 0.5) is 14.5 Å². The van der Waals surface area contributed by atoms with Crippen LogP contribution in [0.25, 0.3) is 0 Å². The zero-order valence-corrected chi connectivity index (χ0v) is 11.9. The third-order valence-corrected chi connectivity index (χ3v) is 3.97. The molecule has 2 rings (SSSR count). The lowest BCUT2D eigenvalue weighted by molar-refractivity contribution is -0.0656. The summed E-state index contributed by atoms with van der Waals surface area (Å²) in [5, 5.41) is 0. The van der Waals surface area contributed by atoms with E-state index >= 15 is 0 Å². The summed E-state index contributed by atoms with van der Waals surface area (Å²) in [7, 11) is 0. The lowest BCUT2D eigenvalue weighted by Crippen LogP contribution is -2.48. The van der Waals surface area contributed by atoms with Crippen molar-refractivity contribution in [2.24, 2.45) is 5.92 Å². The zero-order valence-electron chi connectivity index (χ0n) is 11.9. The van der Waals surface area contributed by atoms with E-state index in [0.29, 0.717) is 25.3 Å². The molecule has 0 bridgehead atoms. The van der Waals surface area contributed by atoms with Gasteiger partial charge in [0.25, 0.3) is 5.92 Å². The quantitative estimate of drug-likeness (QED) is 0.821. The van der Waals surface area contributed by atoms with Gasteiger partial charge in [-0.05, 0) is 30.9 Å². The van der Waals surface area contributed by atoms with Crippen molar-refractivity contribution in [3.63, 3.8) is 0 Å². The number of rotatable bonds is 3. The van der Waals surface area contributed by atoms with Gasteiger partial charge in [-0.25, -0.2) is 8.78 Å². The van der Waals surface area contributed by atoms with Gasteiger partial charge in [0.15, 0.2) is 0 Å². The van der Waals surface area contributed by atoms with E-state index in [1.807, 2.05) is 19.1 Å². The van der Waals surface area contributed by atoms with E-state index in [1.165, 1.54) is 0 Å². The first-order valence-electron chi connectivity index (χ1n) is 7.02. The summed E-state index contributed by atoms with van der Waals surface area (Å²) >= 11 is 0. The highest BCUT2D eigenvalue weighted by atomic mass is 19.3. The molecule has 1 fully saturated rings. The molecule has 19 heavy (non-hydrogen) atoms. The van der Waals surface area contributed by atoms with E-state index in [1.54, 1.807) is 11.1 Å². The lowest BCUT2D eigenvalue weighted by Gasteiger charge is -2.39. The fraction of sp³-hybridized carbons (Fsp3) is 0.667. The third-order valence-electron chi connectivity index (χ3n) is 3.97. The van der Waals surface area contributed by atoms with Gasteiger partial charge in [-0.15, -0.1) is 0 Å². The highest BCUT2D eigenvalue weighted by Gasteiger charge is 2.43. The molecule has 0 N–H and O–H groups in total. The molecule has 1 aromatic heterocycles. The molecule has 0 amide bonds. The summed E-state index contributed by atoms with van der Waals surface area (Å²) in [6.45, 7) is 6.49. The molecular formula is C15H22F2N2. The average molecular weight is 268 g/mol. The Morgan fingerprint density at radius 3 is 2.63 bits per heavy atom. The van der Waals surface area contributed by atoms with Crippen molar-refractivity contribution in [3.8, 4) is 0 Å². The van der Waals surface area contributed by atoms with E-state index < -0.39 is 11.8 Å². The van der Waals surface area contributed by atoms with Crippen LogP contribution in [0.15, 0.2) is 18.3 Å². The summed E-state index contributed by atoms with van der Waals surface area (Å²) in [5.74, 6) is -2.71. The molecule has 0 saturated carbocycles. The fourth-order valence-electron chi connectivity index (χ4n) is 2.63. The molecule has 1 aromatic rings. The maximum atomic E-state index is 14.0. The number of halogens is 2. The van der Waals surface area contributed by atoms with Crippen molar-refractivity contribution >= 4 is 5.69 Å². The largest absolute Gasteiger partial charge is 0.364 e. The monoisotopic (exact) mass is 268 g/mol. The Balaban J connectivity index is 2.11. The Kier molecular flexibility index (Phi) is 4.07. The molecule has 2 heterocycles. The van der Waals surface area contributed by atoms with Crippen molar-refractivity contribution in [3.05, 3.63) is 24.0 Å². The maximum Gasteiger partial charge on any atom is 0.268 e. The van der Waals surface area contributed by atoms with Crippen molar-refractivity contribution in [2.45, 2.75) is 45.5 Å². The van der Waals surface area contributed by atoms with Crippen LogP contribution < -0.4 is 4.90 Å². The second kappa shape index (κ2) is 5.43. The highest BCUT2D eigenvalue weighted by Crippen LogP contribution is 2.36. The van der Waals surface area contributed by atoms with E-state index in [-0.39, 0.29) is 6.54 Å². The number of alkyl halides is 2. The van der Waals surface area contributed by atoms with Gasteiger partial charge < -0.3 is 4.90 Å². The van der Waals surface area contributed by atoms with Gasteiger partial charge in [0.2, 0.25) is 0 Å². The van der Waals surface area contributed by atoms with Crippen molar-refractivity contribution in [1.29, 1.82) is 0 Å². The Morgan fingerprint density at radius 2 is 2.16 bits per heavy atom. The zero-order chi connectivity index (χ0) is 14.0. The molecule has 1 aliphatic heterocycles. The smallest absolute Gasteiger partial charge is 0.268 e. The Bertz CT molecular complexity index is 415. The lowest BCUT2D eigenvalue weighted by atomic mass is 9.90. The molecule has 1 saturated heterocycles. The molecule has 0 spiro atoms. The number of anilines is 1. The Morgan fingerprint density at radius 1 is 1.42 bits per heavy atom. The third kappa shape index (κ3) is 3.04. The molecule has 106 valence electrons. The molecular weight excluding hydrogens is 246 g/mol. The van der Waals surface area contributed by atoms with Crippen molar-refractivity contribution in [1.82, 2.24) is 4.98 Å². The number of nitrogens with zero attached hydrogens (tertiary/aromatic N) is 2. The first kappa shape index (κ1) is 14.2. The SMILES string of the molecule is CC[C@H]1CCN(c2ccc(C(C)C)nc2)CC1(F)F. The highest BCUT2D eigenvalue weighted by molar-refractivity contribution is 5.45. The van der Waals surface area contributed by atoms with Gasteiger partial charge in [0.1, 0.15) is 0 Å². The summed E-state index contributed by atoms with van der Waals surface area (Å²) in [6.07, 6.45) is 2.82. The Labute approximate surface area is 113 Å². The van der Waals surface area contributed by atoms with Crippen LogP contribution in [-0.2, 0) is 0 Å². The van der Waals surface area contributed by atoms with Gasteiger partial charge >= 0.3 is 0 Å². The summed E-state index contributed by atoms with van der Waals surface area (Å²) in [6, 6.07) is 3.84. The summed E-state index contributed by atoms with van der Waals surface area (Å²) in [5.41, 5.74) is 1.80. The van der Waals surface area contributed by atoms with Crippen LogP contribution in [0.3, 0.4) is 0 Å². The van der Waals surface area contributed by atoms with Gasteiger partial charge in [-0.1, -0.05) is 20.8 Å². The predicted octanol–water partition coefficient (Wildman–Crippen LogP) is 4.08. The average Bonchev–Trinajstić information content (AvgIpc) is 2.37. The topological polar surface area (TPSA) is 16.1 Å². The number of piperidine rings is 1. The van der Waals surface area contributed by atoms with Crippen LogP contribution in [0.2, 0.25) is 0 Å². The van der Waals surface area contributed by atoms with Gasteiger partial charge in [-0.3, -0.25) is 4.98 Å². The molecule has 0 radical (unpaired) electrons. The standard InChI is InChI=1S/C15H22F2N2/c1-4-12-7-8-19(10-15(12,16)17)13-5-6-14(11(2)3)18-9-13/h5-6,9,11-12H,4,7-8,10H2,1-3H3/t12-/m0/s1. The minimum absolute atomic E-state index is 0.186. The number of aromatic nitrogens is 1. The first-order valence-corrected chi connectivity index (χ1v) is 7.02. The van der Waals surface area contributed by atoms with Gasteiger partial charge in [-0.2, -0.15) is 0 Å². The maximum absolute atomic E-state index is 14.0. The Hall–Kier alpha value is -1.19. The predicted molar refractivity (Wildman–Crippen MR) is 73.9 cm³/mol. The van der Waals surface area contributed by atoms with E-state index in [0.717, 1.165) is 11.4 Å². The second-order valence-corrected chi connectivity index (χ2v) is 5.67. The van der Waals surface area contributed by atoms with Gasteiger partial charge in [0.05, 0.1) is 18.4 Å². The van der Waals surface area contributed by atoms with E-state index in [2.05, 4.69) is 18.8 Å². The minimum atomic E-state index is -2.59. The number of hydrogen-bond acceptors (Lipinski definition) is 2. The molecule has 0 aromatic carbocycles. The summed E-state index contributed by atoms with van der Waals surface area (Å²) < 4.78 is 27.9.